The highest BCUT2D eigenvalue weighted by molar-refractivity contribution is 5.37. The molecule has 2 atom stereocenters. The maximum atomic E-state index is 5.34. The highest BCUT2D eigenvalue weighted by Crippen LogP contribution is 2.27. The molecule has 2 nitrogen and oxygen atoms in total. The molecular weight excluding hydrogens is 246 g/mol. The number of methoxy groups -OCH3 is 1. The van der Waals surface area contributed by atoms with E-state index in [1.54, 1.807) is 7.11 Å². The SMILES string of the molecule is COc1ccc2c(c1)CC(NCC(C)C(C)(C)C)CC2. The molecule has 112 valence electrons. The van der Waals surface area contributed by atoms with Gasteiger partial charge in [0.1, 0.15) is 5.75 Å². The van der Waals surface area contributed by atoms with Crippen LogP contribution < -0.4 is 10.1 Å². The van der Waals surface area contributed by atoms with Crippen LogP contribution in [0.25, 0.3) is 0 Å². The molecule has 0 heterocycles. The molecule has 0 spiro atoms. The van der Waals surface area contributed by atoms with Gasteiger partial charge < -0.3 is 10.1 Å². The molecule has 0 aromatic heterocycles. The highest BCUT2D eigenvalue weighted by atomic mass is 16.5. The van der Waals surface area contributed by atoms with Gasteiger partial charge in [-0.3, -0.25) is 0 Å². The summed E-state index contributed by atoms with van der Waals surface area (Å²) in [6, 6.07) is 7.12. The Kier molecular flexibility index (Phi) is 4.74. The molecule has 0 bridgehead atoms. The summed E-state index contributed by atoms with van der Waals surface area (Å²) in [5.41, 5.74) is 3.33. The number of fused-ring (bicyclic) bond motifs is 1. The van der Waals surface area contributed by atoms with Crippen molar-refractivity contribution in [3.8, 4) is 5.75 Å². The fourth-order valence-corrected chi connectivity index (χ4v) is 2.68. The summed E-state index contributed by atoms with van der Waals surface area (Å²) in [4.78, 5) is 0. The van der Waals surface area contributed by atoms with Gasteiger partial charge in [-0.05, 0) is 60.4 Å². The van der Waals surface area contributed by atoms with Gasteiger partial charge >= 0.3 is 0 Å². The lowest BCUT2D eigenvalue weighted by molar-refractivity contribution is 0.242. The van der Waals surface area contributed by atoms with Crippen molar-refractivity contribution in [2.24, 2.45) is 11.3 Å². The Morgan fingerprint density at radius 1 is 1.30 bits per heavy atom. The van der Waals surface area contributed by atoms with E-state index in [2.05, 4.69) is 51.2 Å². The van der Waals surface area contributed by atoms with E-state index in [0.717, 1.165) is 18.7 Å². The van der Waals surface area contributed by atoms with Crippen LogP contribution in [0.2, 0.25) is 0 Å². The van der Waals surface area contributed by atoms with Crippen molar-refractivity contribution in [1.29, 1.82) is 0 Å². The number of rotatable bonds is 4. The Morgan fingerprint density at radius 3 is 2.70 bits per heavy atom. The van der Waals surface area contributed by atoms with E-state index in [1.165, 1.54) is 24.0 Å². The van der Waals surface area contributed by atoms with Crippen molar-refractivity contribution in [1.82, 2.24) is 5.32 Å². The average Bonchev–Trinajstić information content (AvgIpc) is 2.42. The average molecular weight is 275 g/mol. The standard InChI is InChI=1S/C18H29NO/c1-13(18(2,3)4)12-19-16-8-6-14-7-9-17(20-5)11-15(14)10-16/h7,9,11,13,16,19H,6,8,10,12H2,1-5H3. The highest BCUT2D eigenvalue weighted by Gasteiger charge is 2.23. The first kappa shape index (κ1) is 15.4. The summed E-state index contributed by atoms with van der Waals surface area (Å²) >= 11 is 0. The van der Waals surface area contributed by atoms with Gasteiger partial charge in [0.25, 0.3) is 0 Å². The number of hydrogen-bond acceptors (Lipinski definition) is 2. The van der Waals surface area contributed by atoms with Crippen LogP contribution in [0.3, 0.4) is 0 Å². The van der Waals surface area contributed by atoms with E-state index in [0.29, 0.717) is 17.4 Å². The molecule has 0 fully saturated rings. The maximum Gasteiger partial charge on any atom is 0.119 e. The van der Waals surface area contributed by atoms with Crippen LogP contribution in [0.15, 0.2) is 18.2 Å². The van der Waals surface area contributed by atoms with Gasteiger partial charge in [0.15, 0.2) is 0 Å². The quantitative estimate of drug-likeness (QED) is 0.902. The van der Waals surface area contributed by atoms with Gasteiger partial charge in [-0.15, -0.1) is 0 Å². The zero-order chi connectivity index (χ0) is 14.8. The largest absolute Gasteiger partial charge is 0.497 e. The van der Waals surface area contributed by atoms with Gasteiger partial charge in [-0.1, -0.05) is 33.8 Å². The van der Waals surface area contributed by atoms with Crippen LogP contribution in [0.5, 0.6) is 5.75 Å². The Balaban J connectivity index is 1.94. The van der Waals surface area contributed by atoms with Gasteiger partial charge in [-0.2, -0.15) is 0 Å². The molecule has 2 heteroatoms. The van der Waals surface area contributed by atoms with Crippen molar-refractivity contribution in [2.45, 2.75) is 53.0 Å². The Hall–Kier alpha value is -1.02. The van der Waals surface area contributed by atoms with Crippen LogP contribution in [0.1, 0.15) is 45.2 Å². The van der Waals surface area contributed by atoms with E-state index in [4.69, 9.17) is 4.74 Å². The number of ether oxygens (including phenoxy) is 1. The van der Waals surface area contributed by atoms with Crippen molar-refractivity contribution in [3.63, 3.8) is 0 Å². The van der Waals surface area contributed by atoms with Crippen LogP contribution in [-0.4, -0.2) is 19.7 Å². The van der Waals surface area contributed by atoms with Gasteiger partial charge in [0, 0.05) is 6.04 Å². The van der Waals surface area contributed by atoms with E-state index < -0.39 is 0 Å². The second kappa shape index (κ2) is 6.17. The third-order valence-electron chi connectivity index (χ3n) is 4.83. The van der Waals surface area contributed by atoms with E-state index in [9.17, 15) is 0 Å². The molecule has 1 aromatic rings. The van der Waals surface area contributed by atoms with Gasteiger partial charge in [0.05, 0.1) is 7.11 Å². The molecule has 0 saturated heterocycles. The predicted octanol–water partition coefficient (Wildman–Crippen LogP) is 3.82. The molecule has 2 unspecified atom stereocenters. The summed E-state index contributed by atoms with van der Waals surface area (Å²) in [7, 11) is 1.74. The van der Waals surface area contributed by atoms with Crippen LogP contribution in [0, 0.1) is 11.3 Å². The summed E-state index contributed by atoms with van der Waals surface area (Å²) < 4.78 is 5.34. The minimum Gasteiger partial charge on any atom is -0.497 e. The molecule has 0 amide bonds. The fraction of sp³-hybridized carbons (Fsp3) is 0.667. The smallest absolute Gasteiger partial charge is 0.119 e. The molecule has 1 aliphatic rings. The Bertz CT molecular complexity index is 447. The Labute approximate surface area is 123 Å². The fourth-order valence-electron chi connectivity index (χ4n) is 2.68. The molecule has 20 heavy (non-hydrogen) atoms. The molecule has 0 saturated carbocycles. The van der Waals surface area contributed by atoms with E-state index in [-0.39, 0.29) is 0 Å². The second-order valence-corrected chi connectivity index (χ2v) is 7.25. The lowest BCUT2D eigenvalue weighted by atomic mass is 9.81. The molecular formula is C18H29NO. The van der Waals surface area contributed by atoms with E-state index in [1.807, 2.05) is 0 Å². The number of aryl methyl sites for hydroxylation is 1. The number of benzene rings is 1. The summed E-state index contributed by atoms with van der Waals surface area (Å²) in [5.74, 6) is 1.67. The first-order chi connectivity index (χ1) is 9.40. The molecule has 2 rings (SSSR count). The zero-order valence-electron chi connectivity index (χ0n) is 13.6. The monoisotopic (exact) mass is 275 g/mol. The lowest BCUT2D eigenvalue weighted by Gasteiger charge is -2.31. The molecule has 0 aliphatic heterocycles. The summed E-state index contributed by atoms with van der Waals surface area (Å²) in [6.45, 7) is 10.4. The number of hydrogen-bond donors (Lipinski definition) is 1. The minimum absolute atomic E-state index is 0.378. The first-order valence-corrected chi connectivity index (χ1v) is 7.79. The van der Waals surface area contributed by atoms with Crippen molar-refractivity contribution in [2.75, 3.05) is 13.7 Å². The summed E-state index contributed by atoms with van der Waals surface area (Å²) in [6.07, 6.45) is 3.56. The van der Waals surface area contributed by atoms with Crippen LogP contribution in [0.4, 0.5) is 0 Å². The number of nitrogens with one attached hydrogen (secondary N) is 1. The van der Waals surface area contributed by atoms with Crippen molar-refractivity contribution < 1.29 is 4.74 Å². The van der Waals surface area contributed by atoms with Gasteiger partial charge in [0.2, 0.25) is 0 Å². The predicted molar refractivity (Wildman–Crippen MR) is 85.4 cm³/mol. The molecule has 0 radical (unpaired) electrons. The molecule has 1 N–H and O–H groups in total. The molecule has 1 aromatic carbocycles. The first-order valence-electron chi connectivity index (χ1n) is 7.79. The zero-order valence-corrected chi connectivity index (χ0v) is 13.6. The van der Waals surface area contributed by atoms with Crippen molar-refractivity contribution >= 4 is 0 Å². The third-order valence-corrected chi connectivity index (χ3v) is 4.83. The second-order valence-electron chi connectivity index (χ2n) is 7.25. The minimum atomic E-state index is 0.378. The molecule has 1 aliphatic carbocycles. The maximum absolute atomic E-state index is 5.34. The Morgan fingerprint density at radius 2 is 2.05 bits per heavy atom. The van der Waals surface area contributed by atoms with Crippen LogP contribution >= 0.6 is 0 Å². The van der Waals surface area contributed by atoms with Gasteiger partial charge in [-0.25, -0.2) is 0 Å². The summed E-state index contributed by atoms with van der Waals surface area (Å²) in [5, 5.41) is 3.77. The lowest BCUT2D eigenvalue weighted by Crippen LogP contribution is -2.39. The third kappa shape index (κ3) is 3.76. The van der Waals surface area contributed by atoms with Crippen molar-refractivity contribution in [3.05, 3.63) is 29.3 Å². The topological polar surface area (TPSA) is 21.3 Å². The van der Waals surface area contributed by atoms with E-state index >= 15 is 0 Å². The normalized spacial score (nSPS) is 20.4. The van der Waals surface area contributed by atoms with Crippen LogP contribution in [-0.2, 0) is 12.8 Å².